The zero-order valence-corrected chi connectivity index (χ0v) is 20.7. The van der Waals surface area contributed by atoms with Crippen LogP contribution in [0.15, 0.2) is 54.7 Å². The number of aromatic nitrogens is 2. The Morgan fingerprint density at radius 1 is 0.886 bits per heavy atom. The minimum atomic E-state index is -4.61. The largest absolute Gasteiger partial charge is 0.488 e. The lowest BCUT2D eigenvalue weighted by Crippen LogP contribution is -2.22. The van der Waals surface area contributed by atoms with Gasteiger partial charge in [-0.05, 0) is 63.4 Å². The molecule has 0 aliphatic rings. The van der Waals surface area contributed by atoms with Gasteiger partial charge in [-0.2, -0.15) is 18.2 Å². The molecule has 0 atom stereocenters. The van der Waals surface area contributed by atoms with Crippen molar-refractivity contribution in [1.82, 2.24) is 9.97 Å². The molecule has 0 amide bonds. The van der Waals surface area contributed by atoms with Gasteiger partial charge in [0.25, 0.3) is 0 Å². The number of hydrogen-bond acceptors (Lipinski definition) is 5. The van der Waals surface area contributed by atoms with Crippen LogP contribution in [-0.2, 0) is 12.6 Å². The van der Waals surface area contributed by atoms with E-state index in [1.54, 1.807) is 24.3 Å². The third-order valence-corrected chi connectivity index (χ3v) is 5.14. The third kappa shape index (κ3) is 8.46. The number of alkyl halides is 3. The lowest BCUT2D eigenvalue weighted by atomic mass is 10.1. The van der Waals surface area contributed by atoms with Crippen molar-refractivity contribution in [3.63, 3.8) is 0 Å². The van der Waals surface area contributed by atoms with E-state index in [0.29, 0.717) is 17.1 Å². The van der Waals surface area contributed by atoms with Gasteiger partial charge in [0.1, 0.15) is 22.7 Å². The monoisotopic (exact) mass is 486 g/mol. The lowest BCUT2D eigenvalue weighted by Gasteiger charge is -2.22. The highest BCUT2D eigenvalue weighted by molar-refractivity contribution is 5.64. The van der Waals surface area contributed by atoms with E-state index in [4.69, 9.17) is 4.74 Å². The van der Waals surface area contributed by atoms with Crippen LogP contribution in [0.5, 0.6) is 5.75 Å². The molecule has 2 aromatic carbocycles. The Bertz CT molecular complexity index is 1090. The van der Waals surface area contributed by atoms with Crippen LogP contribution in [0, 0.1) is 0 Å². The highest BCUT2D eigenvalue weighted by Gasteiger charge is 2.35. The van der Waals surface area contributed by atoms with Gasteiger partial charge >= 0.3 is 6.18 Å². The number of nitrogens with zero attached hydrogens (tertiary/aromatic N) is 2. The molecule has 1 aromatic heterocycles. The van der Waals surface area contributed by atoms with Gasteiger partial charge in [0, 0.05) is 23.6 Å². The molecule has 0 bridgehead atoms. The number of anilines is 4. The molecule has 35 heavy (non-hydrogen) atoms. The molecule has 0 fully saturated rings. The van der Waals surface area contributed by atoms with Gasteiger partial charge in [-0.25, -0.2) is 4.98 Å². The molecule has 3 aromatic rings. The fourth-order valence-electron chi connectivity index (χ4n) is 3.51. The normalized spacial score (nSPS) is 11.9. The molecule has 0 spiro atoms. The number of halogens is 3. The summed E-state index contributed by atoms with van der Waals surface area (Å²) in [4.78, 5) is 8.03. The molecule has 5 nitrogen and oxygen atoms in total. The van der Waals surface area contributed by atoms with Crippen molar-refractivity contribution < 1.29 is 17.9 Å². The summed E-state index contributed by atoms with van der Waals surface area (Å²) in [5.41, 5.74) is 0.961. The molecular formula is C27H33F3N4O. The molecule has 188 valence electrons. The Balaban J connectivity index is 1.78. The first kappa shape index (κ1) is 26.3. The molecule has 0 unspecified atom stereocenters. The Kier molecular flexibility index (Phi) is 8.59. The van der Waals surface area contributed by atoms with Crippen LogP contribution in [0.2, 0.25) is 0 Å². The molecule has 0 radical (unpaired) electrons. The molecule has 0 saturated carbocycles. The van der Waals surface area contributed by atoms with E-state index < -0.39 is 17.3 Å². The van der Waals surface area contributed by atoms with E-state index in [9.17, 15) is 13.2 Å². The summed E-state index contributed by atoms with van der Waals surface area (Å²) < 4.78 is 46.7. The number of hydrogen-bond donors (Lipinski definition) is 2. The van der Waals surface area contributed by atoms with E-state index in [2.05, 4.69) is 27.5 Å². The zero-order valence-electron chi connectivity index (χ0n) is 20.7. The van der Waals surface area contributed by atoms with Crippen molar-refractivity contribution in [2.75, 3.05) is 10.6 Å². The molecule has 0 saturated heterocycles. The first-order chi connectivity index (χ1) is 16.5. The van der Waals surface area contributed by atoms with Gasteiger partial charge < -0.3 is 15.4 Å². The predicted molar refractivity (Wildman–Crippen MR) is 135 cm³/mol. The van der Waals surface area contributed by atoms with E-state index >= 15 is 0 Å². The minimum Gasteiger partial charge on any atom is -0.488 e. The van der Waals surface area contributed by atoms with Gasteiger partial charge in [0.05, 0.1) is 0 Å². The second-order valence-corrected chi connectivity index (χ2v) is 9.45. The smallest absolute Gasteiger partial charge is 0.421 e. The summed E-state index contributed by atoms with van der Waals surface area (Å²) in [6.07, 6.45) is 1.95. The summed E-state index contributed by atoms with van der Waals surface area (Å²) >= 11 is 0. The summed E-state index contributed by atoms with van der Waals surface area (Å²) in [5.74, 6) is 0.270. The second kappa shape index (κ2) is 11.4. The molecule has 2 N–H and O–H groups in total. The minimum absolute atomic E-state index is 0.0679. The highest BCUT2D eigenvalue weighted by atomic mass is 19.4. The quantitative estimate of drug-likeness (QED) is 0.282. The van der Waals surface area contributed by atoms with Crippen LogP contribution in [0.4, 0.5) is 36.3 Å². The third-order valence-electron chi connectivity index (χ3n) is 5.14. The van der Waals surface area contributed by atoms with E-state index in [1.165, 1.54) is 24.8 Å². The zero-order chi connectivity index (χ0) is 25.5. The van der Waals surface area contributed by atoms with Crippen molar-refractivity contribution in [3.05, 3.63) is 65.9 Å². The predicted octanol–water partition coefficient (Wildman–Crippen LogP) is 8.28. The Morgan fingerprint density at radius 3 is 2.29 bits per heavy atom. The molecule has 1 heterocycles. The van der Waals surface area contributed by atoms with Crippen molar-refractivity contribution in [2.24, 2.45) is 0 Å². The molecule has 0 aliphatic heterocycles. The molecule has 0 aliphatic carbocycles. The van der Waals surface area contributed by atoms with E-state index in [-0.39, 0.29) is 11.8 Å². The Hall–Kier alpha value is -3.29. The fourth-order valence-corrected chi connectivity index (χ4v) is 3.51. The topological polar surface area (TPSA) is 59.1 Å². The van der Waals surface area contributed by atoms with Crippen LogP contribution >= 0.6 is 0 Å². The summed E-state index contributed by atoms with van der Waals surface area (Å²) in [7, 11) is 0. The molecule has 8 heteroatoms. The van der Waals surface area contributed by atoms with Crippen molar-refractivity contribution in [2.45, 2.75) is 71.6 Å². The first-order valence-corrected chi connectivity index (χ1v) is 11.9. The lowest BCUT2D eigenvalue weighted by molar-refractivity contribution is -0.137. The number of nitrogens with one attached hydrogen (secondary N) is 2. The van der Waals surface area contributed by atoms with E-state index in [0.717, 1.165) is 19.0 Å². The second-order valence-electron chi connectivity index (χ2n) is 9.45. The summed E-state index contributed by atoms with van der Waals surface area (Å²) in [5, 5.41) is 5.78. The van der Waals surface area contributed by atoms with Crippen LogP contribution in [-0.4, -0.2) is 15.6 Å². The van der Waals surface area contributed by atoms with Gasteiger partial charge in [0.15, 0.2) is 0 Å². The number of aryl methyl sites for hydroxylation is 1. The first-order valence-electron chi connectivity index (χ1n) is 11.9. The van der Waals surface area contributed by atoms with Crippen LogP contribution in [0.1, 0.15) is 64.5 Å². The van der Waals surface area contributed by atoms with Crippen molar-refractivity contribution >= 4 is 23.1 Å². The van der Waals surface area contributed by atoms with Crippen LogP contribution in [0.3, 0.4) is 0 Å². The number of unbranched alkanes of at least 4 members (excludes halogenated alkanes) is 3. The van der Waals surface area contributed by atoms with Crippen LogP contribution in [0.25, 0.3) is 0 Å². The Labute approximate surface area is 205 Å². The molecule has 3 rings (SSSR count). The van der Waals surface area contributed by atoms with Gasteiger partial charge in [0.2, 0.25) is 5.95 Å². The van der Waals surface area contributed by atoms with Gasteiger partial charge in [-0.15, -0.1) is 0 Å². The van der Waals surface area contributed by atoms with Gasteiger partial charge in [-0.3, -0.25) is 0 Å². The maximum Gasteiger partial charge on any atom is 0.421 e. The van der Waals surface area contributed by atoms with E-state index in [1.807, 2.05) is 45.0 Å². The number of ether oxygens (including phenoxy) is 1. The maximum atomic E-state index is 13.6. The standard InChI is InChI=1S/C27H33F3N4O/c1-5-6-7-8-10-19-13-15-20(16-14-19)33-25-31-18-23(27(28,29)30)24(34-25)32-21-11-9-12-22(17-21)35-26(2,3)4/h9,11-18H,5-8,10H2,1-4H3,(H2,31,32,33,34). The average Bonchev–Trinajstić information content (AvgIpc) is 2.76. The van der Waals surface area contributed by atoms with Crippen molar-refractivity contribution in [1.29, 1.82) is 0 Å². The fraction of sp³-hybridized carbons (Fsp3) is 0.407. The average molecular weight is 487 g/mol. The van der Waals surface area contributed by atoms with Crippen molar-refractivity contribution in [3.8, 4) is 5.75 Å². The Morgan fingerprint density at radius 2 is 1.63 bits per heavy atom. The summed E-state index contributed by atoms with van der Waals surface area (Å²) in [6.45, 7) is 7.88. The van der Waals surface area contributed by atoms with Crippen LogP contribution < -0.4 is 15.4 Å². The SMILES string of the molecule is CCCCCCc1ccc(Nc2ncc(C(F)(F)F)c(Nc3cccc(OC(C)(C)C)c3)n2)cc1. The molecular weight excluding hydrogens is 453 g/mol. The number of benzene rings is 2. The number of rotatable bonds is 10. The highest BCUT2D eigenvalue weighted by Crippen LogP contribution is 2.36. The van der Waals surface area contributed by atoms with Gasteiger partial charge in [-0.1, -0.05) is 44.4 Å². The summed E-state index contributed by atoms with van der Waals surface area (Å²) in [6, 6.07) is 14.6. The maximum absolute atomic E-state index is 13.6.